The number of aromatic nitrogens is 3. The first-order valence-electron chi connectivity index (χ1n) is 6.36. The molecule has 3 fully saturated rings. The Balaban J connectivity index is 1.68. The summed E-state index contributed by atoms with van der Waals surface area (Å²) < 4.78 is 2.35. The van der Waals surface area contributed by atoms with E-state index in [4.69, 9.17) is 11.6 Å². The van der Waals surface area contributed by atoms with Crippen molar-refractivity contribution >= 4 is 11.6 Å². The first kappa shape index (κ1) is 9.46. The molecule has 86 valence electrons. The molecule has 0 bridgehead atoms. The van der Waals surface area contributed by atoms with E-state index in [0.29, 0.717) is 17.8 Å². The van der Waals surface area contributed by atoms with Crippen LogP contribution >= 0.6 is 11.6 Å². The van der Waals surface area contributed by atoms with Crippen LogP contribution in [-0.4, -0.2) is 14.8 Å². The summed E-state index contributed by atoms with van der Waals surface area (Å²) in [5.41, 5.74) is 0. The molecule has 0 radical (unpaired) electrons. The van der Waals surface area contributed by atoms with E-state index in [2.05, 4.69) is 14.8 Å². The van der Waals surface area contributed by atoms with Crippen molar-refractivity contribution in [1.29, 1.82) is 0 Å². The van der Waals surface area contributed by atoms with Crippen LogP contribution in [0.5, 0.6) is 0 Å². The molecule has 4 heteroatoms. The number of hydrogen-bond acceptors (Lipinski definition) is 2. The van der Waals surface area contributed by atoms with Gasteiger partial charge in [0.1, 0.15) is 11.6 Å². The topological polar surface area (TPSA) is 30.7 Å². The number of alkyl halides is 1. The molecule has 3 aliphatic rings. The number of rotatable bonds is 3. The van der Waals surface area contributed by atoms with Crippen molar-refractivity contribution in [3.8, 4) is 0 Å². The highest BCUT2D eigenvalue weighted by atomic mass is 35.5. The molecule has 0 aliphatic heterocycles. The van der Waals surface area contributed by atoms with Crippen molar-refractivity contribution in [2.24, 2.45) is 11.8 Å². The zero-order chi connectivity index (χ0) is 10.7. The minimum Gasteiger partial charge on any atom is -0.311 e. The van der Waals surface area contributed by atoms with Crippen molar-refractivity contribution in [2.75, 3.05) is 0 Å². The van der Waals surface area contributed by atoms with Crippen molar-refractivity contribution in [3.05, 3.63) is 11.6 Å². The van der Waals surface area contributed by atoms with E-state index >= 15 is 0 Å². The van der Waals surface area contributed by atoms with Crippen molar-refractivity contribution in [3.63, 3.8) is 0 Å². The Labute approximate surface area is 100 Å². The summed E-state index contributed by atoms with van der Waals surface area (Å²) in [7, 11) is 0. The molecule has 4 rings (SSSR count). The van der Waals surface area contributed by atoms with Crippen molar-refractivity contribution in [1.82, 2.24) is 14.8 Å². The molecule has 1 aromatic rings. The average Bonchev–Trinajstić information content (AvgIpc) is 3.20. The highest BCUT2D eigenvalue weighted by molar-refractivity contribution is 6.16. The molecule has 0 aromatic carbocycles. The van der Waals surface area contributed by atoms with Gasteiger partial charge in [0.05, 0.1) is 5.88 Å². The summed E-state index contributed by atoms with van der Waals surface area (Å²) >= 11 is 5.94. The van der Waals surface area contributed by atoms with E-state index in [-0.39, 0.29) is 0 Å². The Kier molecular flexibility index (Phi) is 1.90. The lowest BCUT2D eigenvalue weighted by molar-refractivity contribution is 0.540. The lowest BCUT2D eigenvalue weighted by Gasteiger charge is -2.13. The fourth-order valence-corrected chi connectivity index (χ4v) is 3.55. The number of nitrogens with zero attached hydrogens (tertiary/aromatic N) is 3. The third kappa shape index (κ3) is 1.33. The molecule has 16 heavy (non-hydrogen) atoms. The van der Waals surface area contributed by atoms with Gasteiger partial charge in [-0.3, -0.25) is 0 Å². The van der Waals surface area contributed by atoms with Gasteiger partial charge in [-0.1, -0.05) is 0 Å². The van der Waals surface area contributed by atoms with Gasteiger partial charge in [-0.2, -0.15) is 0 Å². The molecule has 2 unspecified atom stereocenters. The normalized spacial score (nSPS) is 36.4. The molecule has 0 saturated heterocycles. The summed E-state index contributed by atoms with van der Waals surface area (Å²) in [5.74, 6) is 5.42. The predicted octanol–water partition coefficient (Wildman–Crippen LogP) is 2.87. The Morgan fingerprint density at radius 1 is 1.12 bits per heavy atom. The van der Waals surface area contributed by atoms with Gasteiger partial charge in [0.2, 0.25) is 0 Å². The van der Waals surface area contributed by atoms with Crippen LogP contribution in [0.3, 0.4) is 0 Å². The molecule has 3 nitrogen and oxygen atoms in total. The zero-order valence-corrected chi connectivity index (χ0v) is 10.0. The van der Waals surface area contributed by atoms with Crippen molar-refractivity contribution in [2.45, 2.75) is 49.9 Å². The predicted molar refractivity (Wildman–Crippen MR) is 61.4 cm³/mol. The third-order valence-corrected chi connectivity index (χ3v) is 4.67. The van der Waals surface area contributed by atoms with Crippen LogP contribution in [0.1, 0.15) is 55.7 Å². The summed E-state index contributed by atoms with van der Waals surface area (Å²) in [6.07, 6.45) is 6.73. The van der Waals surface area contributed by atoms with E-state index in [0.717, 1.165) is 17.7 Å². The van der Waals surface area contributed by atoms with E-state index < -0.39 is 0 Å². The maximum atomic E-state index is 5.94. The Bertz CT molecular complexity index is 414. The first-order chi connectivity index (χ1) is 7.86. The third-order valence-electron chi connectivity index (χ3n) is 4.43. The monoisotopic (exact) mass is 237 g/mol. The van der Waals surface area contributed by atoms with E-state index in [1.807, 2.05) is 0 Å². The summed E-state index contributed by atoms with van der Waals surface area (Å²) in [5, 5.41) is 8.68. The number of fused-ring (bicyclic) bond motifs is 1. The Morgan fingerprint density at radius 2 is 1.88 bits per heavy atom. The molecule has 2 atom stereocenters. The van der Waals surface area contributed by atoms with Crippen LogP contribution in [0.4, 0.5) is 0 Å². The van der Waals surface area contributed by atoms with Gasteiger partial charge < -0.3 is 4.57 Å². The van der Waals surface area contributed by atoms with Gasteiger partial charge >= 0.3 is 0 Å². The molecular weight excluding hydrogens is 222 g/mol. The molecule has 1 heterocycles. The molecular formula is C12H16ClN3. The average molecular weight is 238 g/mol. The lowest BCUT2D eigenvalue weighted by atomic mass is 10.0. The first-order valence-corrected chi connectivity index (χ1v) is 6.90. The number of hydrogen-bond donors (Lipinski definition) is 0. The number of halogens is 1. The van der Waals surface area contributed by atoms with Gasteiger partial charge in [-0.05, 0) is 43.9 Å². The second-order valence-electron chi connectivity index (χ2n) is 5.63. The van der Waals surface area contributed by atoms with Gasteiger partial charge in [0, 0.05) is 12.0 Å². The molecule has 0 spiro atoms. The smallest absolute Gasteiger partial charge is 0.148 e. The maximum absolute atomic E-state index is 5.94. The maximum Gasteiger partial charge on any atom is 0.148 e. The molecule has 0 amide bonds. The summed E-state index contributed by atoms with van der Waals surface area (Å²) in [4.78, 5) is 0. The fraction of sp³-hybridized carbons (Fsp3) is 0.833. The van der Waals surface area contributed by atoms with E-state index in [1.54, 1.807) is 0 Å². The van der Waals surface area contributed by atoms with Crippen LogP contribution in [0, 0.1) is 11.8 Å². The molecule has 3 saturated carbocycles. The molecule has 3 aliphatic carbocycles. The minimum absolute atomic E-state index is 0.503. The zero-order valence-electron chi connectivity index (χ0n) is 9.27. The van der Waals surface area contributed by atoms with Crippen LogP contribution in [0.15, 0.2) is 0 Å². The molecule has 0 N–H and O–H groups in total. The van der Waals surface area contributed by atoms with Crippen LogP contribution in [0.2, 0.25) is 0 Å². The quantitative estimate of drug-likeness (QED) is 0.757. The van der Waals surface area contributed by atoms with Gasteiger partial charge in [-0.25, -0.2) is 0 Å². The van der Waals surface area contributed by atoms with Gasteiger partial charge in [-0.15, -0.1) is 21.8 Å². The van der Waals surface area contributed by atoms with E-state index in [1.165, 1.54) is 37.9 Å². The largest absolute Gasteiger partial charge is 0.311 e. The summed E-state index contributed by atoms with van der Waals surface area (Å²) in [6.45, 7) is 0. The van der Waals surface area contributed by atoms with E-state index in [9.17, 15) is 0 Å². The van der Waals surface area contributed by atoms with Crippen molar-refractivity contribution < 1.29 is 0 Å². The Morgan fingerprint density at radius 3 is 2.50 bits per heavy atom. The fourth-order valence-electron chi connectivity index (χ4n) is 3.36. The highest BCUT2D eigenvalue weighted by Gasteiger charge is 2.48. The lowest BCUT2D eigenvalue weighted by Crippen LogP contribution is -2.09. The van der Waals surface area contributed by atoms with Crippen LogP contribution in [-0.2, 0) is 5.88 Å². The standard InChI is InChI=1S/C12H16ClN3/c13-6-11-14-15-12(16(11)10-1-2-10)9-4-7-3-8(7)5-9/h7-10H,1-6H2. The Hall–Kier alpha value is -0.570. The molecule has 1 aromatic heterocycles. The highest BCUT2D eigenvalue weighted by Crippen LogP contribution is 2.57. The summed E-state index contributed by atoms with van der Waals surface area (Å²) in [6, 6.07) is 0.663. The SMILES string of the molecule is ClCc1nnc(C2CC3CC3C2)n1C1CC1. The second-order valence-corrected chi connectivity index (χ2v) is 5.90. The minimum atomic E-state index is 0.503. The van der Waals surface area contributed by atoms with Crippen LogP contribution < -0.4 is 0 Å². The second kappa shape index (κ2) is 3.22. The van der Waals surface area contributed by atoms with Gasteiger partial charge in [0.15, 0.2) is 0 Å². The van der Waals surface area contributed by atoms with Crippen LogP contribution in [0.25, 0.3) is 0 Å². The van der Waals surface area contributed by atoms with Gasteiger partial charge in [0.25, 0.3) is 0 Å².